The van der Waals surface area contributed by atoms with Crippen LogP contribution in [0.15, 0.2) is 12.7 Å². The van der Waals surface area contributed by atoms with Gasteiger partial charge in [-0.1, -0.05) is 40.2 Å². The van der Waals surface area contributed by atoms with Gasteiger partial charge < -0.3 is 0 Å². The van der Waals surface area contributed by atoms with Crippen LogP contribution in [0.25, 0.3) is 0 Å². The van der Waals surface area contributed by atoms with Crippen LogP contribution >= 0.6 is 0 Å². The largest absolute Gasteiger partial charge is 0.299 e. The van der Waals surface area contributed by atoms with Gasteiger partial charge in [-0.05, 0) is 98.4 Å². The lowest BCUT2D eigenvalue weighted by atomic mass is 9.42. The van der Waals surface area contributed by atoms with Gasteiger partial charge in [-0.25, -0.2) is 0 Å². The molecule has 0 radical (unpaired) electrons. The third kappa shape index (κ3) is 3.28. The molecule has 0 saturated heterocycles. The molecule has 2 heteroatoms. The van der Waals surface area contributed by atoms with Crippen LogP contribution in [-0.2, 0) is 9.59 Å². The summed E-state index contributed by atoms with van der Waals surface area (Å²) in [6.45, 7) is 10.9. The molecule has 4 rings (SSSR count). The lowest BCUT2D eigenvalue weighted by Crippen LogP contribution is -2.59. The second-order valence-corrected chi connectivity index (χ2v) is 11.4. The zero-order chi connectivity index (χ0) is 20.8. The van der Waals surface area contributed by atoms with E-state index in [0.717, 1.165) is 19.3 Å². The van der Waals surface area contributed by atoms with Crippen LogP contribution in [0.4, 0.5) is 0 Å². The second-order valence-electron chi connectivity index (χ2n) is 11.4. The van der Waals surface area contributed by atoms with Gasteiger partial charge in [0.05, 0.1) is 0 Å². The Hall–Kier alpha value is -0.920. The molecule has 0 N–H and O–H groups in total. The van der Waals surface area contributed by atoms with Gasteiger partial charge in [0, 0.05) is 18.3 Å². The maximum absolute atomic E-state index is 13.9. The molecule has 0 aliphatic heterocycles. The van der Waals surface area contributed by atoms with E-state index < -0.39 is 0 Å². The highest BCUT2D eigenvalue weighted by atomic mass is 16.1. The molecular formula is C27H42O2. The molecule has 4 fully saturated rings. The average molecular weight is 399 g/mol. The minimum Gasteiger partial charge on any atom is -0.299 e. The second kappa shape index (κ2) is 7.97. The van der Waals surface area contributed by atoms with E-state index in [1.54, 1.807) is 0 Å². The van der Waals surface area contributed by atoms with Crippen molar-refractivity contribution in [2.24, 2.45) is 46.3 Å². The van der Waals surface area contributed by atoms with Crippen LogP contribution in [0.1, 0.15) is 97.8 Å². The fraction of sp³-hybridized carbons (Fsp3) is 0.852. The fourth-order valence-corrected chi connectivity index (χ4v) is 8.92. The standard InChI is InChI=1S/C27H42O2/c1-5-19(28)11-9-10-18-13-14-22-24-23(15-17-26(18,22)3)27(4)16-8-7-12-21(27)20(6-2)25(24)29/h5,18,20-24H,1,6-17H2,2-4H3/t18?,20-,21?,22?,23?,24?,26-,27+/m1/s1. The van der Waals surface area contributed by atoms with Gasteiger partial charge in [0.1, 0.15) is 5.78 Å². The van der Waals surface area contributed by atoms with Crippen molar-refractivity contribution in [1.29, 1.82) is 0 Å². The number of hydrogen-bond acceptors (Lipinski definition) is 2. The zero-order valence-electron chi connectivity index (χ0n) is 19.1. The maximum atomic E-state index is 13.9. The van der Waals surface area contributed by atoms with Crippen molar-refractivity contribution in [3.05, 3.63) is 12.7 Å². The number of Topliss-reactive ketones (excluding diaryl/α,β-unsaturated/α-hetero) is 1. The predicted molar refractivity (Wildman–Crippen MR) is 118 cm³/mol. The van der Waals surface area contributed by atoms with Crippen LogP contribution in [-0.4, -0.2) is 11.6 Å². The van der Waals surface area contributed by atoms with E-state index in [9.17, 15) is 9.59 Å². The lowest BCUT2D eigenvalue weighted by molar-refractivity contribution is -0.167. The Bertz CT molecular complexity index is 665. The SMILES string of the molecule is C=CC(=O)CCCC1CCC2C3C(=O)[C@H](CC)C4CCCC[C@]4(C)C3CC[C@]12C. The number of carbonyl (C=O) groups is 2. The highest BCUT2D eigenvalue weighted by Gasteiger charge is 2.63. The number of hydrogen-bond donors (Lipinski definition) is 0. The summed E-state index contributed by atoms with van der Waals surface area (Å²) in [6, 6.07) is 0. The molecule has 0 aromatic carbocycles. The molecule has 5 unspecified atom stereocenters. The van der Waals surface area contributed by atoms with Crippen molar-refractivity contribution in [2.75, 3.05) is 0 Å². The summed E-state index contributed by atoms with van der Waals surface area (Å²) in [5.41, 5.74) is 0.706. The zero-order valence-corrected chi connectivity index (χ0v) is 19.1. The van der Waals surface area contributed by atoms with Gasteiger partial charge in [-0.3, -0.25) is 9.59 Å². The maximum Gasteiger partial charge on any atom is 0.155 e. The first kappa shape index (κ1) is 21.3. The first-order valence-corrected chi connectivity index (χ1v) is 12.6. The Kier molecular flexibility index (Phi) is 5.86. The van der Waals surface area contributed by atoms with Crippen LogP contribution in [0.5, 0.6) is 0 Å². The van der Waals surface area contributed by atoms with Crippen molar-refractivity contribution in [3.8, 4) is 0 Å². The van der Waals surface area contributed by atoms with Crippen LogP contribution in [0, 0.1) is 46.3 Å². The summed E-state index contributed by atoms with van der Waals surface area (Å²) in [4.78, 5) is 25.5. The average Bonchev–Trinajstić information content (AvgIpc) is 3.05. The molecule has 0 heterocycles. The van der Waals surface area contributed by atoms with Crippen molar-refractivity contribution in [1.82, 2.24) is 0 Å². The van der Waals surface area contributed by atoms with Crippen molar-refractivity contribution in [2.45, 2.75) is 97.8 Å². The predicted octanol–water partition coefficient (Wildman–Crippen LogP) is 6.78. The van der Waals surface area contributed by atoms with Gasteiger partial charge >= 0.3 is 0 Å². The Balaban J connectivity index is 1.57. The molecular weight excluding hydrogens is 356 g/mol. The van der Waals surface area contributed by atoms with E-state index in [-0.39, 0.29) is 5.78 Å². The molecule has 0 aromatic rings. The Morgan fingerprint density at radius 1 is 1.03 bits per heavy atom. The lowest BCUT2D eigenvalue weighted by Gasteiger charge is -2.61. The van der Waals surface area contributed by atoms with Crippen LogP contribution < -0.4 is 0 Å². The summed E-state index contributed by atoms with van der Waals surface area (Å²) in [5, 5.41) is 0. The fourth-order valence-electron chi connectivity index (χ4n) is 8.92. The normalized spacial score (nSPS) is 46.5. The molecule has 0 aromatic heterocycles. The van der Waals surface area contributed by atoms with Crippen molar-refractivity contribution in [3.63, 3.8) is 0 Å². The summed E-state index contributed by atoms with van der Waals surface area (Å²) in [7, 11) is 0. The number of fused-ring (bicyclic) bond motifs is 5. The van der Waals surface area contributed by atoms with Crippen molar-refractivity contribution < 1.29 is 9.59 Å². The molecule has 4 saturated carbocycles. The van der Waals surface area contributed by atoms with Gasteiger partial charge in [0.15, 0.2) is 5.78 Å². The first-order chi connectivity index (χ1) is 13.9. The summed E-state index contributed by atoms with van der Waals surface area (Å²) < 4.78 is 0. The smallest absolute Gasteiger partial charge is 0.155 e. The van der Waals surface area contributed by atoms with E-state index in [1.165, 1.54) is 57.4 Å². The van der Waals surface area contributed by atoms with E-state index in [4.69, 9.17) is 0 Å². The topological polar surface area (TPSA) is 34.1 Å². The van der Waals surface area contributed by atoms with Crippen molar-refractivity contribution >= 4 is 11.6 Å². The van der Waals surface area contributed by atoms with E-state index in [1.807, 2.05) is 0 Å². The molecule has 4 aliphatic carbocycles. The number of allylic oxidation sites excluding steroid dienone is 1. The molecule has 29 heavy (non-hydrogen) atoms. The van der Waals surface area contributed by atoms with E-state index in [2.05, 4.69) is 27.4 Å². The molecule has 0 amide bonds. The highest BCUT2D eigenvalue weighted by molar-refractivity contribution is 5.89. The minimum absolute atomic E-state index is 0.179. The van der Waals surface area contributed by atoms with Gasteiger partial charge in [0.25, 0.3) is 0 Å². The molecule has 162 valence electrons. The monoisotopic (exact) mass is 398 g/mol. The molecule has 2 nitrogen and oxygen atoms in total. The summed E-state index contributed by atoms with van der Waals surface area (Å²) in [5.74, 6) is 4.01. The Morgan fingerprint density at radius 2 is 1.79 bits per heavy atom. The highest BCUT2D eigenvalue weighted by Crippen LogP contribution is 2.68. The molecule has 0 spiro atoms. The molecule has 4 aliphatic rings. The Labute approximate surface area is 178 Å². The third-order valence-corrected chi connectivity index (χ3v) is 10.5. The summed E-state index contributed by atoms with van der Waals surface area (Å²) >= 11 is 0. The van der Waals surface area contributed by atoms with Crippen LogP contribution in [0.2, 0.25) is 0 Å². The quantitative estimate of drug-likeness (QED) is 0.462. The van der Waals surface area contributed by atoms with Crippen LogP contribution in [0.3, 0.4) is 0 Å². The summed E-state index contributed by atoms with van der Waals surface area (Å²) in [6.07, 6.45) is 15.7. The Morgan fingerprint density at radius 3 is 2.52 bits per heavy atom. The number of rotatable bonds is 6. The molecule has 0 bridgehead atoms. The van der Waals surface area contributed by atoms with Gasteiger partial charge in [-0.2, -0.15) is 0 Å². The minimum atomic E-state index is 0.179. The van der Waals surface area contributed by atoms with E-state index in [0.29, 0.717) is 58.5 Å². The van der Waals surface area contributed by atoms with Gasteiger partial charge in [0.2, 0.25) is 0 Å². The number of ketones is 2. The number of carbonyl (C=O) groups excluding carboxylic acids is 2. The first-order valence-electron chi connectivity index (χ1n) is 12.6. The van der Waals surface area contributed by atoms with E-state index >= 15 is 0 Å². The molecule has 8 atom stereocenters. The van der Waals surface area contributed by atoms with Gasteiger partial charge in [-0.15, -0.1) is 0 Å². The third-order valence-electron chi connectivity index (χ3n) is 10.5.